The topological polar surface area (TPSA) is 72.8 Å². The van der Waals surface area contributed by atoms with E-state index in [1.54, 1.807) is 12.4 Å². The second kappa shape index (κ2) is 10.2. The number of anilines is 2. The summed E-state index contributed by atoms with van der Waals surface area (Å²) in [5.74, 6) is 2.66. The zero-order valence-electron chi connectivity index (χ0n) is 16.0. The zero-order valence-corrected chi connectivity index (χ0v) is 18.4. The third-order valence-corrected chi connectivity index (χ3v) is 4.34. The third-order valence-electron chi connectivity index (χ3n) is 4.34. The average Bonchev–Trinajstić information content (AvgIpc) is 2.70. The predicted molar refractivity (Wildman–Crippen MR) is 120 cm³/mol. The van der Waals surface area contributed by atoms with E-state index in [0.717, 1.165) is 49.5 Å². The molecule has 1 aliphatic rings. The van der Waals surface area contributed by atoms with Crippen LogP contribution in [0.25, 0.3) is 0 Å². The normalized spacial score (nSPS) is 14.6. The maximum absolute atomic E-state index is 4.45. The summed E-state index contributed by atoms with van der Waals surface area (Å²) in [6, 6.07) is 5.96. The number of hydrogen-bond acceptors (Lipinski definition) is 6. The molecule has 2 aromatic rings. The van der Waals surface area contributed by atoms with Crippen LogP contribution in [0.15, 0.2) is 41.8 Å². The number of piperazine rings is 1. The van der Waals surface area contributed by atoms with Gasteiger partial charge in [-0.15, -0.1) is 24.0 Å². The molecule has 8 nitrogen and oxygen atoms in total. The second-order valence-corrected chi connectivity index (χ2v) is 6.34. The van der Waals surface area contributed by atoms with Gasteiger partial charge in [-0.3, -0.25) is 4.99 Å². The lowest BCUT2D eigenvalue weighted by atomic mass is 10.2. The van der Waals surface area contributed by atoms with Crippen molar-refractivity contribution in [1.29, 1.82) is 0 Å². The summed E-state index contributed by atoms with van der Waals surface area (Å²) >= 11 is 0. The van der Waals surface area contributed by atoms with Crippen molar-refractivity contribution in [3.05, 3.63) is 42.4 Å². The minimum absolute atomic E-state index is 0. The van der Waals surface area contributed by atoms with Crippen LogP contribution in [0.4, 0.5) is 11.8 Å². The van der Waals surface area contributed by atoms with Gasteiger partial charge in [0.1, 0.15) is 5.82 Å². The highest BCUT2D eigenvalue weighted by Gasteiger charge is 2.20. The van der Waals surface area contributed by atoms with Gasteiger partial charge in [0.25, 0.3) is 0 Å². The molecule has 0 atom stereocenters. The number of aromatic nitrogens is 3. The van der Waals surface area contributed by atoms with Crippen molar-refractivity contribution in [2.45, 2.75) is 6.54 Å². The summed E-state index contributed by atoms with van der Waals surface area (Å²) in [6.45, 7) is 4.23. The summed E-state index contributed by atoms with van der Waals surface area (Å²) in [5, 5.41) is 3.43. The Morgan fingerprint density at radius 2 is 1.81 bits per heavy atom. The number of rotatable bonds is 4. The lowest BCUT2D eigenvalue weighted by molar-refractivity contribution is 0.370. The van der Waals surface area contributed by atoms with E-state index < -0.39 is 0 Å². The minimum Gasteiger partial charge on any atom is -0.363 e. The van der Waals surface area contributed by atoms with Crippen molar-refractivity contribution in [2.24, 2.45) is 4.99 Å². The van der Waals surface area contributed by atoms with E-state index in [0.29, 0.717) is 6.54 Å². The summed E-state index contributed by atoms with van der Waals surface area (Å²) in [5.41, 5.74) is 1.13. The van der Waals surface area contributed by atoms with E-state index in [9.17, 15) is 0 Å². The molecule has 0 aromatic carbocycles. The van der Waals surface area contributed by atoms with E-state index in [1.165, 1.54) is 0 Å². The fraction of sp³-hybridized carbons (Fsp3) is 0.444. The number of aliphatic imine (C=N–C) groups is 1. The number of guanidine groups is 1. The van der Waals surface area contributed by atoms with Crippen LogP contribution in [-0.2, 0) is 6.54 Å². The van der Waals surface area contributed by atoms with Gasteiger partial charge in [0.2, 0.25) is 5.95 Å². The van der Waals surface area contributed by atoms with E-state index in [-0.39, 0.29) is 24.0 Å². The Morgan fingerprint density at radius 3 is 2.37 bits per heavy atom. The first-order chi connectivity index (χ1) is 12.7. The molecular weight excluding hydrogens is 455 g/mol. The molecule has 9 heteroatoms. The highest BCUT2D eigenvalue weighted by atomic mass is 127. The predicted octanol–water partition coefficient (Wildman–Crippen LogP) is 1.45. The zero-order chi connectivity index (χ0) is 18.4. The van der Waals surface area contributed by atoms with Crippen molar-refractivity contribution in [3.63, 3.8) is 0 Å². The van der Waals surface area contributed by atoms with E-state index in [1.807, 2.05) is 44.4 Å². The van der Waals surface area contributed by atoms with Crippen LogP contribution in [0, 0.1) is 0 Å². The highest BCUT2D eigenvalue weighted by molar-refractivity contribution is 14.0. The first-order valence-corrected chi connectivity index (χ1v) is 8.77. The fourth-order valence-corrected chi connectivity index (χ4v) is 2.87. The van der Waals surface area contributed by atoms with Crippen LogP contribution in [0.2, 0.25) is 0 Å². The molecule has 146 valence electrons. The van der Waals surface area contributed by atoms with E-state index in [4.69, 9.17) is 0 Å². The molecule has 1 N–H and O–H groups in total. The number of pyridine rings is 1. The molecule has 2 aromatic heterocycles. The van der Waals surface area contributed by atoms with Crippen LogP contribution in [0.3, 0.4) is 0 Å². The Kier molecular flexibility index (Phi) is 8.01. The Bertz CT molecular complexity index is 712. The third kappa shape index (κ3) is 5.65. The Labute approximate surface area is 177 Å². The molecule has 0 unspecified atom stereocenters. The van der Waals surface area contributed by atoms with Crippen LogP contribution in [-0.4, -0.2) is 73.1 Å². The van der Waals surface area contributed by atoms with Crippen LogP contribution >= 0.6 is 24.0 Å². The lowest BCUT2D eigenvalue weighted by Gasteiger charge is -2.36. The molecule has 1 fully saturated rings. The van der Waals surface area contributed by atoms with Crippen LogP contribution in [0.5, 0.6) is 0 Å². The molecule has 3 rings (SSSR count). The molecular formula is C18H27IN8. The van der Waals surface area contributed by atoms with E-state index >= 15 is 0 Å². The molecule has 27 heavy (non-hydrogen) atoms. The quantitative estimate of drug-likeness (QED) is 0.402. The van der Waals surface area contributed by atoms with E-state index in [2.05, 4.69) is 41.1 Å². The van der Waals surface area contributed by atoms with Gasteiger partial charge in [-0.1, -0.05) is 6.07 Å². The van der Waals surface area contributed by atoms with Gasteiger partial charge in [0, 0.05) is 72.5 Å². The molecule has 3 heterocycles. The summed E-state index contributed by atoms with van der Waals surface area (Å²) in [4.78, 5) is 24.0. The first kappa shape index (κ1) is 21.1. The van der Waals surface area contributed by atoms with Gasteiger partial charge in [-0.05, 0) is 17.7 Å². The van der Waals surface area contributed by atoms with Gasteiger partial charge < -0.3 is 20.0 Å². The molecule has 0 radical (unpaired) electrons. The van der Waals surface area contributed by atoms with Crippen LogP contribution < -0.4 is 15.1 Å². The lowest BCUT2D eigenvalue weighted by Crippen LogP contribution is -2.52. The summed E-state index contributed by atoms with van der Waals surface area (Å²) < 4.78 is 0. The smallest absolute Gasteiger partial charge is 0.225 e. The molecule has 0 bridgehead atoms. The molecule has 0 amide bonds. The number of hydrogen-bond donors (Lipinski definition) is 1. The highest BCUT2D eigenvalue weighted by Crippen LogP contribution is 2.11. The largest absolute Gasteiger partial charge is 0.363 e. The Morgan fingerprint density at radius 1 is 1.11 bits per heavy atom. The summed E-state index contributed by atoms with van der Waals surface area (Å²) in [7, 11) is 5.80. The van der Waals surface area contributed by atoms with Gasteiger partial charge in [0.15, 0.2) is 5.96 Å². The Balaban J connectivity index is 0.00000261. The van der Waals surface area contributed by atoms with Crippen molar-refractivity contribution < 1.29 is 0 Å². The number of halogens is 1. The van der Waals surface area contributed by atoms with Gasteiger partial charge in [-0.2, -0.15) is 0 Å². The Hall–Kier alpha value is -2.17. The SMILES string of the molecule is CN=C(NCc1ccc(N(C)C)nc1)N1CCN(c2ncccn2)CC1.I. The van der Waals surface area contributed by atoms with Crippen molar-refractivity contribution in [1.82, 2.24) is 25.2 Å². The minimum atomic E-state index is 0. The molecule has 0 spiro atoms. The van der Waals surface area contributed by atoms with Crippen molar-refractivity contribution >= 4 is 41.7 Å². The summed E-state index contributed by atoms with van der Waals surface area (Å²) in [6.07, 6.45) is 5.47. The van der Waals surface area contributed by atoms with Crippen LogP contribution in [0.1, 0.15) is 5.56 Å². The number of nitrogens with zero attached hydrogens (tertiary/aromatic N) is 7. The monoisotopic (exact) mass is 482 g/mol. The fourth-order valence-electron chi connectivity index (χ4n) is 2.87. The van der Waals surface area contributed by atoms with Gasteiger partial charge in [0.05, 0.1) is 0 Å². The van der Waals surface area contributed by atoms with Crippen molar-refractivity contribution in [2.75, 3.05) is 57.1 Å². The first-order valence-electron chi connectivity index (χ1n) is 8.77. The molecule has 0 saturated carbocycles. The second-order valence-electron chi connectivity index (χ2n) is 6.34. The maximum Gasteiger partial charge on any atom is 0.225 e. The van der Waals surface area contributed by atoms with Crippen molar-refractivity contribution in [3.8, 4) is 0 Å². The molecule has 0 aliphatic carbocycles. The standard InChI is InChI=1S/C18H26N8.HI/c1-19-17(23-14-15-5-6-16(22-13-15)24(2)3)25-9-11-26(12-10-25)18-20-7-4-8-21-18;/h4-8,13H,9-12,14H2,1-3H3,(H,19,23);1H. The number of nitrogens with one attached hydrogen (secondary N) is 1. The van der Waals surface area contributed by atoms with Gasteiger partial charge >= 0.3 is 0 Å². The molecule has 1 saturated heterocycles. The van der Waals surface area contributed by atoms with Gasteiger partial charge in [-0.25, -0.2) is 15.0 Å². The maximum atomic E-state index is 4.45. The average molecular weight is 482 g/mol. The molecule has 1 aliphatic heterocycles.